The molecule has 0 aliphatic carbocycles. The molecule has 7 heteroatoms. The Bertz CT molecular complexity index is 562. The molecule has 1 amide bonds. The third-order valence-electron chi connectivity index (χ3n) is 2.35. The maximum atomic E-state index is 11.5. The Labute approximate surface area is 114 Å². The maximum absolute atomic E-state index is 11.5. The van der Waals surface area contributed by atoms with Gasteiger partial charge in [-0.1, -0.05) is 17.8 Å². The Kier molecular flexibility index (Phi) is 4.40. The molecule has 2 aromatic rings. The number of nitrogens with one attached hydrogen (secondary N) is 1. The molecule has 0 bridgehead atoms. The van der Waals surface area contributed by atoms with Crippen molar-refractivity contribution < 1.29 is 9.21 Å². The predicted octanol–water partition coefficient (Wildman–Crippen LogP) is 1.47. The van der Waals surface area contributed by atoms with Gasteiger partial charge in [-0.25, -0.2) is 0 Å². The minimum absolute atomic E-state index is 0.0625. The smallest absolute Gasteiger partial charge is 0.230 e. The number of amides is 1. The summed E-state index contributed by atoms with van der Waals surface area (Å²) in [5, 5.41) is 11.5. The molecule has 2 aromatic heterocycles. The maximum Gasteiger partial charge on any atom is 0.230 e. The molecule has 0 aromatic carbocycles. The van der Waals surface area contributed by atoms with E-state index in [2.05, 4.69) is 22.1 Å². The van der Waals surface area contributed by atoms with Gasteiger partial charge in [0, 0.05) is 13.6 Å². The summed E-state index contributed by atoms with van der Waals surface area (Å²) in [6.07, 6.45) is 3.22. The standard InChI is InChI=1S/C12H14N4O2S/c1-3-6-13-10(17)8-19-12-15-14-11(16(12)2)9-5-4-7-18-9/h3-5,7H,1,6,8H2,2H3,(H,13,17). The Hall–Kier alpha value is -2.02. The van der Waals surface area contributed by atoms with Gasteiger partial charge in [0.2, 0.25) is 5.91 Å². The first kappa shape index (κ1) is 13.4. The second-order valence-corrected chi connectivity index (χ2v) is 4.67. The van der Waals surface area contributed by atoms with Gasteiger partial charge < -0.3 is 14.3 Å². The van der Waals surface area contributed by atoms with Gasteiger partial charge in [0.05, 0.1) is 12.0 Å². The summed E-state index contributed by atoms with van der Waals surface area (Å²) >= 11 is 1.33. The van der Waals surface area contributed by atoms with E-state index in [9.17, 15) is 4.79 Å². The van der Waals surface area contributed by atoms with Crippen molar-refractivity contribution in [1.82, 2.24) is 20.1 Å². The van der Waals surface area contributed by atoms with E-state index in [1.165, 1.54) is 11.8 Å². The molecule has 0 saturated heterocycles. The molecule has 100 valence electrons. The van der Waals surface area contributed by atoms with Gasteiger partial charge in [-0.3, -0.25) is 4.79 Å². The van der Waals surface area contributed by atoms with E-state index in [0.717, 1.165) is 0 Å². The lowest BCUT2D eigenvalue weighted by molar-refractivity contribution is -0.118. The number of furan rings is 1. The number of aromatic nitrogens is 3. The number of carbonyl (C=O) groups is 1. The van der Waals surface area contributed by atoms with Crippen molar-refractivity contribution in [2.45, 2.75) is 5.16 Å². The SMILES string of the molecule is C=CCNC(=O)CSc1nnc(-c2ccco2)n1C. The Balaban J connectivity index is 1.99. The molecular formula is C12H14N4O2S. The topological polar surface area (TPSA) is 73.0 Å². The molecule has 0 unspecified atom stereocenters. The first-order valence-corrected chi connectivity index (χ1v) is 6.64. The lowest BCUT2D eigenvalue weighted by Gasteiger charge is -2.02. The summed E-state index contributed by atoms with van der Waals surface area (Å²) in [6, 6.07) is 3.61. The zero-order valence-corrected chi connectivity index (χ0v) is 11.3. The van der Waals surface area contributed by atoms with Crippen molar-refractivity contribution in [3.05, 3.63) is 31.1 Å². The van der Waals surface area contributed by atoms with Gasteiger partial charge in [-0.15, -0.1) is 16.8 Å². The molecule has 19 heavy (non-hydrogen) atoms. The summed E-state index contributed by atoms with van der Waals surface area (Å²) < 4.78 is 7.07. The highest BCUT2D eigenvalue weighted by atomic mass is 32.2. The molecular weight excluding hydrogens is 264 g/mol. The molecule has 0 spiro atoms. The number of nitrogens with zero attached hydrogens (tertiary/aromatic N) is 3. The number of rotatable bonds is 6. The van der Waals surface area contributed by atoms with Crippen LogP contribution >= 0.6 is 11.8 Å². The number of hydrogen-bond acceptors (Lipinski definition) is 5. The monoisotopic (exact) mass is 278 g/mol. The molecule has 2 rings (SSSR count). The fourth-order valence-corrected chi connectivity index (χ4v) is 2.17. The fourth-order valence-electron chi connectivity index (χ4n) is 1.43. The highest BCUT2D eigenvalue weighted by Crippen LogP contribution is 2.22. The van der Waals surface area contributed by atoms with Crippen LogP contribution in [0.25, 0.3) is 11.6 Å². The van der Waals surface area contributed by atoms with Gasteiger partial charge >= 0.3 is 0 Å². The minimum atomic E-state index is -0.0625. The zero-order chi connectivity index (χ0) is 13.7. The van der Waals surface area contributed by atoms with E-state index >= 15 is 0 Å². The fraction of sp³-hybridized carbons (Fsp3) is 0.250. The van der Waals surface area contributed by atoms with E-state index in [0.29, 0.717) is 23.3 Å². The number of carbonyl (C=O) groups excluding carboxylic acids is 1. The third kappa shape index (κ3) is 3.25. The van der Waals surface area contributed by atoms with Crippen LogP contribution in [0.5, 0.6) is 0 Å². The average molecular weight is 278 g/mol. The molecule has 0 aliphatic heterocycles. The third-order valence-corrected chi connectivity index (χ3v) is 3.37. The van der Waals surface area contributed by atoms with Gasteiger partial charge in [0.25, 0.3) is 0 Å². The van der Waals surface area contributed by atoms with Crippen LogP contribution in [0.4, 0.5) is 0 Å². The van der Waals surface area contributed by atoms with Crippen LogP contribution in [0.2, 0.25) is 0 Å². The quantitative estimate of drug-likeness (QED) is 0.640. The molecule has 0 aliphatic rings. The van der Waals surface area contributed by atoms with Crippen LogP contribution in [0, 0.1) is 0 Å². The van der Waals surface area contributed by atoms with Crippen LogP contribution in [0.15, 0.2) is 40.6 Å². The van der Waals surface area contributed by atoms with Crippen LogP contribution < -0.4 is 5.32 Å². The first-order chi connectivity index (χ1) is 9.22. The van der Waals surface area contributed by atoms with Crippen molar-refractivity contribution in [1.29, 1.82) is 0 Å². The summed E-state index contributed by atoms with van der Waals surface area (Å²) in [5.41, 5.74) is 0. The van der Waals surface area contributed by atoms with Gasteiger partial charge in [-0.2, -0.15) is 0 Å². The Morgan fingerprint density at radius 3 is 3.16 bits per heavy atom. The molecule has 0 fully saturated rings. The van der Waals surface area contributed by atoms with Crippen LogP contribution in [-0.2, 0) is 11.8 Å². The number of hydrogen-bond donors (Lipinski definition) is 1. The normalized spacial score (nSPS) is 10.4. The summed E-state index contributed by atoms with van der Waals surface area (Å²) in [5.74, 6) is 1.52. The largest absolute Gasteiger partial charge is 0.461 e. The molecule has 0 radical (unpaired) electrons. The summed E-state index contributed by atoms with van der Waals surface area (Å²) in [4.78, 5) is 11.5. The van der Waals surface area contributed by atoms with Crippen molar-refractivity contribution in [2.24, 2.45) is 7.05 Å². The van der Waals surface area contributed by atoms with E-state index in [4.69, 9.17) is 4.42 Å². The van der Waals surface area contributed by atoms with E-state index < -0.39 is 0 Å². The number of thioether (sulfide) groups is 1. The van der Waals surface area contributed by atoms with E-state index in [1.807, 2.05) is 13.1 Å². The second-order valence-electron chi connectivity index (χ2n) is 3.72. The van der Waals surface area contributed by atoms with Crippen LogP contribution in [-0.4, -0.2) is 33.0 Å². The Morgan fingerprint density at radius 1 is 1.63 bits per heavy atom. The average Bonchev–Trinajstić information content (AvgIpc) is 3.03. The molecule has 2 heterocycles. The van der Waals surface area contributed by atoms with E-state index in [-0.39, 0.29) is 11.7 Å². The highest BCUT2D eigenvalue weighted by molar-refractivity contribution is 7.99. The molecule has 6 nitrogen and oxygen atoms in total. The van der Waals surface area contributed by atoms with E-state index in [1.54, 1.807) is 23.0 Å². The minimum Gasteiger partial charge on any atom is -0.461 e. The highest BCUT2D eigenvalue weighted by Gasteiger charge is 2.14. The lowest BCUT2D eigenvalue weighted by atomic mass is 10.4. The zero-order valence-electron chi connectivity index (χ0n) is 10.5. The summed E-state index contributed by atoms with van der Waals surface area (Å²) in [6.45, 7) is 4.01. The van der Waals surface area contributed by atoms with Crippen LogP contribution in [0.3, 0.4) is 0 Å². The predicted molar refractivity (Wildman–Crippen MR) is 72.6 cm³/mol. The van der Waals surface area contributed by atoms with Gasteiger partial charge in [0.15, 0.2) is 16.7 Å². The van der Waals surface area contributed by atoms with Crippen LogP contribution in [0.1, 0.15) is 0 Å². The first-order valence-electron chi connectivity index (χ1n) is 5.66. The van der Waals surface area contributed by atoms with Crippen molar-refractivity contribution >= 4 is 17.7 Å². The summed E-state index contributed by atoms with van der Waals surface area (Å²) in [7, 11) is 1.84. The Morgan fingerprint density at radius 2 is 2.47 bits per heavy atom. The van der Waals surface area contributed by atoms with Crippen molar-refractivity contribution in [2.75, 3.05) is 12.3 Å². The molecule has 0 saturated carbocycles. The van der Waals surface area contributed by atoms with Crippen molar-refractivity contribution in [3.8, 4) is 11.6 Å². The van der Waals surface area contributed by atoms with Gasteiger partial charge in [-0.05, 0) is 12.1 Å². The second kappa shape index (κ2) is 6.24. The molecule has 0 atom stereocenters. The lowest BCUT2D eigenvalue weighted by Crippen LogP contribution is -2.25. The van der Waals surface area contributed by atoms with Gasteiger partial charge in [0.1, 0.15) is 0 Å². The molecule has 1 N–H and O–H groups in total. The van der Waals surface area contributed by atoms with Crippen molar-refractivity contribution in [3.63, 3.8) is 0 Å².